The van der Waals surface area contributed by atoms with E-state index in [9.17, 15) is 13.6 Å². The van der Waals surface area contributed by atoms with Crippen molar-refractivity contribution in [2.45, 2.75) is 26.7 Å². The molecule has 2 N–H and O–H groups in total. The lowest BCUT2D eigenvalue weighted by molar-refractivity contribution is 0.0523. The number of fused-ring (bicyclic) bond motifs is 1. The van der Waals surface area contributed by atoms with Crippen LogP contribution in [0.25, 0.3) is 16.8 Å². The van der Waals surface area contributed by atoms with Gasteiger partial charge in [-0.3, -0.25) is 0 Å². The second-order valence-electron chi connectivity index (χ2n) is 6.03. The Labute approximate surface area is 148 Å². The van der Waals surface area contributed by atoms with Gasteiger partial charge in [-0.05, 0) is 18.9 Å². The number of carbonyl (C=O) groups excluding carboxylic acids is 1. The first-order valence-electron chi connectivity index (χ1n) is 8.15. The predicted octanol–water partition coefficient (Wildman–Crippen LogP) is 3.56. The number of esters is 1. The number of anilines is 1. The van der Waals surface area contributed by atoms with Crippen molar-refractivity contribution < 1.29 is 18.3 Å². The fourth-order valence-electron chi connectivity index (χ4n) is 2.90. The number of rotatable bonds is 4. The van der Waals surface area contributed by atoms with Crippen LogP contribution in [0.4, 0.5) is 14.6 Å². The van der Waals surface area contributed by atoms with E-state index in [1.807, 2.05) is 13.8 Å². The lowest BCUT2D eigenvalue weighted by Gasteiger charge is -2.13. The Bertz CT molecular complexity index is 999. The van der Waals surface area contributed by atoms with Crippen molar-refractivity contribution in [3.63, 3.8) is 0 Å². The molecule has 0 saturated heterocycles. The number of carbonyl (C=O) groups is 1. The highest BCUT2D eigenvalue weighted by Gasteiger charge is 2.25. The van der Waals surface area contributed by atoms with Gasteiger partial charge in [0.2, 0.25) is 0 Å². The summed E-state index contributed by atoms with van der Waals surface area (Å²) in [7, 11) is 0. The second kappa shape index (κ2) is 6.70. The van der Waals surface area contributed by atoms with E-state index in [4.69, 9.17) is 10.5 Å². The number of aromatic nitrogens is 3. The molecule has 0 aliphatic heterocycles. The molecule has 1 aromatic carbocycles. The second-order valence-corrected chi connectivity index (χ2v) is 6.03. The molecule has 0 fully saturated rings. The van der Waals surface area contributed by atoms with E-state index in [-0.39, 0.29) is 40.7 Å². The average Bonchev–Trinajstić information content (AvgIpc) is 2.92. The molecule has 0 unspecified atom stereocenters. The average molecular weight is 360 g/mol. The van der Waals surface area contributed by atoms with Crippen LogP contribution < -0.4 is 5.73 Å². The summed E-state index contributed by atoms with van der Waals surface area (Å²) < 4.78 is 34.4. The third kappa shape index (κ3) is 2.77. The molecule has 0 amide bonds. The van der Waals surface area contributed by atoms with Crippen LogP contribution in [-0.4, -0.2) is 27.2 Å². The molecule has 6 nitrogen and oxygen atoms in total. The molecule has 3 rings (SSSR count). The molecule has 0 bridgehead atoms. The van der Waals surface area contributed by atoms with E-state index in [1.165, 1.54) is 22.8 Å². The lowest BCUT2D eigenvalue weighted by atomic mass is 10.0. The van der Waals surface area contributed by atoms with Crippen LogP contribution in [0.2, 0.25) is 0 Å². The number of nitrogens with zero attached hydrogens (tertiary/aromatic N) is 3. The molecule has 2 heterocycles. The minimum absolute atomic E-state index is 0.00934. The highest BCUT2D eigenvalue weighted by atomic mass is 19.2. The maximum absolute atomic E-state index is 14.3. The lowest BCUT2D eigenvalue weighted by Crippen LogP contribution is -2.14. The van der Waals surface area contributed by atoms with E-state index in [1.54, 1.807) is 6.92 Å². The van der Waals surface area contributed by atoms with Gasteiger partial charge in [-0.2, -0.15) is 0 Å². The van der Waals surface area contributed by atoms with E-state index in [0.717, 1.165) is 6.07 Å². The number of benzene rings is 1. The van der Waals surface area contributed by atoms with E-state index in [0.29, 0.717) is 5.69 Å². The Hall–Kier alpha value is -3.03. The van der Waals surface area contributed by atoms with Gasteiger partial charge in [0.1, 0.15) is 0 Å². The first-order chi connectivity index (χ1) is 12.4. The first-order valence-corrected chi connectivity index (χ1v) is 8.15. The number of hydrogen-bond donors (Lipinski definition) is 1. The summed E-state index contributed by atoms with van der Waals surface area (Å²) in [6.07, 6.45) is 1.35. The number of nitrogens with two attached hydrogens (primary N) is 1. The van der Waals surface area contributed by atoms with E-state index in [2.05, 4.69) is 10.1 Å². The van der Waals surface area contributed by atoms with Crippen LogP contribution in [-0.2, 0) is 4.74 Å². The molecule has 0 radical (unpaired) electrons. The van der Waals surface area contributed by atoms with Gasteiger partial charge in [-0.25, -0.2) is 23.1 Å². The summed E-state index contributed by atoms with van der Waals surface area (Å²) in [6.45, 7) is 5.67. The third-order valence-electron chi connectivity index (χ3n) is 3.97. The Morgan fingerprint density at radius 1 is 1.35 bits per heavy atom. The van der Waals surface area contributed by atoms with Crippen LogP contribution >= 0.6 is 0 Å². The Kier molecular flexibility index (Phi) is 4.58. The van der Waals surface area contributed by atoms with Crippen molar-refractivity contribution >= 4 is 17.4 Å². The van der Waals surface area contributed by atoms with Gasteiger partial charge in [0.25, 0.3) is 0 Å². The molecule has 0 atom stereocenters. The fraction of sp³-hybridized carbons (Fsp3) is 0.278. The summed E-state index contributed by atoms with van der Waals surface area (Å²) in [5, 5.41) is 4.22. The summed E-state index contributed by atoms with van der Waals surface area (Å²) in [5.74, 6) is -2.68. The summed E-state index contributed by atoms with van der Waals surface area (Å²) in [4.78, 5) is 16.5. The molecule has 2 aromatic heterocycles. The Morgan fingerprint density at radius 2 is 2.08 bits per heavy atom. The van der Waals surface area contributed by atoms with Crippen LogP contribution in [0.5, 0.6) is 0 Å². The highest BCUT2D eigenvalue weighted by molar-refractivity contribution is 5.92. The van der Waals surface area contributed by atoms with Crippen LogP contribution in [0.15, 0.2) is 24.4 Å². The maximum atomic E-state index is 14.3. The fourth-order valence-corrected chi connectivity index (χ4v) is 2.90. The zero-order chi connectivity index (χ0) is 19.0. The number of ether oxygens (including phenoxy) is 1. The molecular weight excluding hydrogens is 342 g/mol. The first kappa shape index (κ1) is 17.8. The highest BCUT2D eigenvalue weighted by Crippen LogP contribution is 2.34. The summed E-state index contributed by atoms with van der Waals surface area (Å²) in [5.41, 5.74) is 7.15. The largest absolute Gasteiger partial charge is 0.462 e. The van der Waals surface area contributed by atoms with Crippen molar-refractivity contribution in [3.8, 4) is 11.1 Å². The molecule has 26 heavy (non-hydrogen) atoms. The van der Waals surface area contributed by atoms with Gasteiger partial charge < -0.3 is 10.5 Å². The standard InChI is InChI=1S/C18H18F2N4O2/c1-4-26-18(25)11-8-22-17-13(10-6-5-7-12(19)14(10)20)16(21)23-24(17)15(11)9(2)3/h5-9H,4H2,1-3H3,(H2,21,23). The van der Waals surface area contributed by atoms with Crippen molar-refractivity contribution in [1.29, 1.82) is 0 Å². The Balaban J connectivity index is 2.32. The SMILES string of the molecule is CCOC(=O)c1cnc2c(-c3cccc(F)c3F)c(N)nn2c1C(C)C. The smallest absolute Gasteiger partial charge is 0.341 e. The minimum Gasteiger partial charge on any atom is -0.462 e. The van der Waals surface area contributed by atoms with Gasteiger partial charge in [-0.15, -0.1) is 5.10 Å². The quantitative estimate of drug-likeness (QED) is 0.720. The van der Waals surface area contributed by atoms with Crippen molar-refractivity contribution in [3.05, 3.63) is 47.3 Å². The Morgan fingerprint density at radius 3 is 2.73 bits per heavy atom. The molecular formula is C18H18F2N4O2. The van der Waals surface area contributed by atoms with Gasteiger partial charge in [0.15, 0.2) is 23.1 Å². The van der Waals surface area contributed by atoms with Crippen molar-refractivity contribution in [2.24, 2.45) is 0 Å². The van der Waals surface area contributed by atoms with Crippen molar-refractivity contribution in [1.82, 2.24) is 14.6 Å². The van der Waals surface area contributed by atoms with Crippen LogP contribution in [0.3, 0.4) is 0 Å². The molecule has 3 aromatic rings. The molecule has 0 saturated carbocycles. The van der Waals surface area contributed by atoms with Crippen molar-refractivity contribution in [2.75, 3.05) is 12.3 Å². The molecule has 0 aliphatic rings. The molecule has 8 heteroatoms. The van der Waals surface area contributed by atoms with E-state index < -0.39 is 17.6 Å². The number of halogens is 2. The van der Waals surface area contributed by atoms with Gasteiger partial charge in [0, 0.05) is 11.8 Å². The summed E-state index contributed by atoms with van der Waals surface area (Å²) >= 11 is 0. The van der Waals surface area contributed by atoms with Gasteiger partial charge in [-0.1, -0.05) is 26.0 Å². The minimum atomic E-state index is -1.03. The predicted molar refractivity (Wildman–Crippen MR) is 92.8 cm³/mol. The number of hydrogen-bond acceptors (Lipinski definition) is 5. The van der Waals surface area contributed by atoms with Gasteiger partial charge in [0.05, 0.1) is 23.4 Å². The molecule has 136 valence electrons. The maximum Gasteiger partial charge on any atom is 0.341 e. The third-order valence-corrected chi connectivity index (χ3v) is 3.97. The van der Waals surface area contributed by atoms with Crippen LogP contribution in [0.1, 0.15) is 42.7 Å². The van der Waals surface area contributed by atoms with Gasteiger partial charge >= 0.3 is 5.97 Å². The molecule has 0 aliphatic carbocycles. The molecule has 0 spiro atoms. The normalized spacial score (nSPS) is 11.3. The topological polar surface area (TPSA) is 82.5 Å². The number of nitrogen functional groups attached to an aromatic ring is 1. The van der Waals surface area contributed by atoms with Crippen LogP contribution in [0, 0.1) is 11.6 Å². The zero-order valence-corrected chi connectivity index (χ0v) is 14.6. The zero-order valence-electron chi connectivity index (χ0n) is 14.6. The monoisotopic (exact) mass is 360 g/mol. The summed E-state index contributed by atoms with van der Waals surface area (Å²) in [6, 6.07) is 3.81. The van der Waals surface area contributed by atoms with E-state index >= 15 is 0 Å².